The van der Waals surface area contributed by atoms with Crippen LogP contribution in [0.3, 0.4) is 0 Å². The number of carbonyl (C=O) groups is 4. The molecule has 1 aromatic rings. The molecule has 0 radical (unpaired) electrons. The Bertz CT molecular complexity index is 1410. The van der Waals surface area contributed by atoms with Crippen LogP contribution in [0.25, 0.3) is 0 Å². The van der Waals surface area contributed by atoms with Crippen LogP contribution < -0.4 is 5.32 Å². The number of benzene rings is 1. The van der Waals surface area contributed by atoms with E-state index in [1.807, 2.05) is 18.2 Å². The van der Waals surface area contributed by atoms with Gasteiger partial charge in [0.1, 0.15) is 23.9 Å². The molecule has 6 rings (SSSR count). The summed E-state index contributed by atoms with van der Waals surface area (Å²) in [5.41, 5.74) is 0.0795. The predicted molar refractivity (Wildman–Crippen MR) is 187 cm³/mol. The molecule has 1 heterocycles. The molecule has 9 nitrogen and oxygen atoms in total. The van der Waals surface area contributed by atoms with Crippen LogP contribution in [0.15, 0.2) is 30.3 Å². The number of hydrogen-bond acceptors (Lipinski definition) is 9. The van der Waals surface area contributed by atoms with E-state index in [1.165, 1.54) is 20.8 Å². The zero-order valence-corrected chi connectivity index (χ0v) is 31.0. The van der Waals surface area contributed by atoms with Crippen molar-refractivity contribution < 1.29 is 38.1 Å². The fourth-order valence-electron chi connectivity index (χ4n) is 12.0. The minimum absolute atomic E-state index is 0.0471. The summed E-state index contributed by atoms with van der Waals surface area (Å²) in [6.07, 6.45) is 7.80. The number of nitrogens with one attached hydrogen (secondary N) is 1. The number of carbonyl (C=O) groups excluding carboxylic acids is 4. The van der Waals surface area contributed by atoms with Crippen LogP contribution in [0.4, 0.5) is 0 Å². The highest BCUT2D eigenvalue weighted by Gasteiger charge is 2.67. The molecule has 4 aliphatic carbocycles. The van der Waals surface area contributed by atoms with Crippen molar-refractivity contribution in [2.45, 2.75) is 136 Å². The van der Waals surface area contributed by atoms with E-state index in [2.05, 4.69) is 38.2 Å². The summed E-state index contributed by atoms with van der Waals surface area (Å²) in [6.45, 7) is 13.0. The Morgan fingerprint density at radius 3 is 2.16 bits per heavy atom. The summed E-state index contributed by atoms with van der Waals surface area (Å²) in [4.78, 5) is 50.8. The van der Waals surface area contributed by atoms with Gasteiger partial charge in [-0.15, -0.1) is 0 Å². The minimum atomic E-state index is -0.603. The van der Waals surface area contributed by atoms with Gasteiger partial charge < -0.3 is 24.3 Å². The normalized spacial score (nSPS) is 38.0. The van der Waals surface area contributed by atoms with Crippen molar-refractivity contribution >= 4 is 23.9 Å². The van der Waals surface area contributed by atoms with Gasteiger partial charge in [-0.25, -0.2) is 0 Å². The quantitative estimate of drug-likeness (QED) is 0.218. The van der Waals surface area contributed by atoms with E-state index in [9.17, 15) is 19.2 Å². The molecular formula is C41H59NO8. The molecule has 1 N–H and O–H groups in total. The van der Waals surface area contributed by atoms with Crippen molar-refractivity contribution in [1.82, 2.24) is 5.32 Å². The second-order valence-electron chi connectivity index (χ2n) is 16.9. The van der Waals surface area contributed by atoms with E-state index in [-0.39, 0.29) is 88.5 Å². The molecule has 11 atom stereocenters. The lowest BCUT2D eigenvalue weighted by Crippen LogP contribution is -2.63. The predicted octanol–water partition coefficient (Wildman–Crippen LogP) is 6.90. The molecule has 9 heteroatoms. The third kappa shape index (κ3) is 6.97. The fourth-order valence-corrected chi connectivity index (χ4v) is 12.0. The van der Waals surface area contributed by atoms with E-state index in [1.54, 1.807) is 0 Å². The van der Waals surface area contributed by atoms with Gasteiger partial charge in [0.2, 0.25) is 0 Å². The van der Waals surface area contributed by atoms with Crippen molar-refractivity contribution in [3.63, 3.8) is 0 Å². The fraction of sp³-hybridized carbons (Fsp3) is 0.756. The zero-order valence-electron chi connectivity index (χ0n) is 31.0. The molecule has 5 fully saturated rings. The standard InChI is InChI=1S/C41H59NO8/c1-25(12-15-37(46)50-41(18-20-42-21-19-41)29-10-8-7-9-11-29)32-13-14-33-38-34(24-36(40(32,33)6)49-28(4)45)39(5)17-16-31(47-26(2)43)22-30(39)23-35(38)48-27(3)44/h7-11,25,30-36,38,42H,12-24H2,1-6H3/t25-,30+,31?,32-,33+,34+,35?,36?,38+,39+,40-/m1/s1. The van der Waals surface area contributed by atoms with Gasteiger partial charge in [-0.1, -0.05) is 51.1 Å². The molecule has 0 aromatic heterocycles. The maximum absolute atomic E-state index is 13.6. The van der Waals surface area contributed by atoms with Gasteiger partial charge in [-0.3, -0.25) is 19.2 Å². The first-order chi connectivity index (χ1) is 23.8. The Balaban J connectivity index is 1.22. The average molecular weight is 694 g/mol. The first kappa shape index (κ1) is 36.8. The molecule has 4 saturated carbocycles. The summed E-state index contributed by atoms with van der Waals surface area (Å²) >= 11 is 0. The van der Waals surface area contributed by atoms with Crippen molar-refractivity contribution in [3.8, 4) is 0 Å². The summed E-state index contributed by atoms with van der Waals surface area (Å²) in [5.74, 6) is 0.269. The zero-order chi connectivity index (χ0) is 35.8. The smallest absolute Gasteiger partial charge is 0.306 e. The third-order valence-electron chi connectivity index (χ3n) is 14.2. The molecule has 0 bridgehead atoms. The number of ether oxygens (including phenoxy) is 4. The number of hydrogen-bond donors (Lipinski definition) is 1. The highest BCUT2D eigenvalue weighted by molar-refractivity contribution is 5.70. The number of piperidine rings is 1. The van der Waals surface area contributed by atoms with Gasteiger partial charge in [-0.05, 0) is 105 Å². The summed E-state index contributed by atoms with van der Waals surface area (Å²) in [6, 6.07) is 10.1. The number of fused-ring (bicyclic) bond motifs is 5. The lowest BCUT2D eigenvalue weighted by Gasteiger charge is -2.64. The van der Waals surface area contributed by atoms with Crippen LogP contribution in [0.5, 0.6) is 0 Å². The average Bonchev–Trinajstić information content (AvgIpc) is 3.43. The molecule has 3 unspecified atom stereocenters. The molecule has 1 saturated heterocycles. The Labute approximate surface area is 298 Å². The molecule has 0 spiro atoms. The Morgan fingerprint density at radius 1 is 0.820 bits per heavy atom. The Hall–Kier alpha value is -2.94. The summed E-state index contributed by atoms with van der Waals surface area (Å²) in [7, 11) is 0. The van der Waals surface area contributed by atoms with Crippen LogP contribution in [0.1, 0.15) is 118 Å². The monoisotopic (exact) mass is 693 g/mol. The third-order valence-corrected chi connectivity index (χ3v) is 14.2. The molecule has 5 aliphatic rings. The van der Waals surface area contributed by atoms with Crippen LogP contribution in [0, 0.1) is 46.3 Å². The van der Waals surface area contributed by atoms with Gasteiger partial charge in [0.05, 0.1) is 0 Å². The lowest BCUT2D eigenvalue weighted by molar-refractivity contribution is -0.224. The lowest BCUT2D eigenvalue weighted by atomic mass is 9.43. The van der Waals surface area contributed by atoms with E-state index in [0.717, 1.165) is 76.4 Å². The van der Waals surface area contributed by atoms with Crippen molar-refractivity contribution in [2.24, 2.45) is 46.3 Å². The highest BCUT2D eigenvalue weighted by Crippen LogP contribution is 2.69. The van der Waals surface area contributed by atoms with Crippen LogP contribution in [-0.2, 0) is 43.7 Å². The van der Waals surface area contributed by atoms with E-state index in [0.29, 0.717) is 12.8 Å². The second-order valence-corrected chi connectivity index (χ2v) is 16.9. The highest BCUT2D eigenvalue weighted by atomic mass is 16.6. The Kier molecular flexibility index (Phi) is 10.7. The summed E-state index contributed by atoms with van der Waals surface area (Å²) in [5, 5.41) is 3.40. The number of esters is 4. The van der Waals surface area contributed by atoms with Crippen molar-refractivity contribution in [3.05, 3.63) is 35.9 Å². The van der Waals surface area contributed by atoms with Crippen LogP contribution >= 0.6 is 0 Å². The van der Waals surface area contributed by atoms with E-state index >= 15 is 0 Å². The molecule has 1 aromatic carbocycles. The van der Waals surface area contributed by atoms with Crippen LogP contribution in [0.2, 0.25) is 0 Å². The Morgan fingerprint density at radius 2 is 1.50 bits per heavy atom. The molecule has 1 aliphatic heterocycles. The van der Waals surface area contributed by atoms with Crippen LogP contribution in [-0.4, -0.2) is 55.3 Å². The first-order valence-electron chi connectivity index (χ1n) is 19.3. The second kappa shape index (κ2) is 14.6. The van der Waals surface area contributed by atoms with Crippen molar-refractivity contribution in [1.29, 1.82) is 0 Å². The van der Waals surface area contributed by atoms with Gasteiger partial charge in [0.15, 0.2) is 0 Å². The maximum Gasteiger partial charge on any atom is 0.306 e. The molecule has 50 heavy (non-hydrogen) atoms. The van der Waals surface area contributed by atoms with Crippen molar-refractivity contribution in [2.75, 3.05) is 13.1 Å². The molecule has 0 amide bonds. The largest absolute Gasteiger partial charge is 0.463 e. The SMILES string of the molecule is CC(=O)OC1CC[C@@]2(C)[C@@H](C1)CC(OC(C)=O)[C@@H]1[C@@H]2CC(OC(C)=O)[C@]2(C)[C@@H]([C@H](C)CCC(=O)OC3(c4ccccc4)CCNCC3)CC[C@@H]12. The first-order valence-corrected chi connectivity index (χ1v) is 19.3. The minimum Gasteiger partial charge on any atom is -0.463 e. The van der Waals surface area contributed by atoms with E-state index < -0.39 is 5.60 Å². The van der Waals surface area contributed by atoms with E-state index in [4.69, 9.17) is 18.9 Å². The number of rotatable bonds is 9. The maximum atomic E-state index is 13.6. The molecular weight excluding hydrogens is 634 g/mol. The summed E-state index contributed by atoms with van der Waals surface area (Å²) < 4.78 is 24.6. The van der Waals surface area contributed by atoms with Gasteiger partial charge >= 0.3 is 23.9 Å². The van der Waals surface area contributed by atoms with Gasteiger partial charge in [0.25, 0.3) is 0 Å². The molecule has 276 valence electrons. The van der Waals surface area contributed by atoms with Gasteiger partial charge in [-0.2, -0.15) is 0 Å². The topological polar surface area (TPSA) is 117 Å². The van der Waals surface area contributed by atoms with Gasteiger partial charge in [0, 0.05) is 51.4 Å².